The Hall–Kier alpha value is -3.08. The fourth-order valence-corrected chi connectivity index (χ4v) is 2.10. The van der Waals surface area contributed by atoms with Crippen LogP contribution in [0.4, 0.5) is 24.5 Å². The summed E-state index contributed by atoms with van der Waals surface area (Å²) in [5.41, 5.74) is 0.316. The summed E-state index contributed by atoms with van der Waals surface area (Å²) in [4.78, 5) is 10.1. The number of nitro groups is 1. The van der Waals surface area contributed by atoms with Crippen molar-refractivity contribution < 1.29 is 27.9 Å². The molecule has 138 valence electrons. The predicted molar refractivity (Wildman–Crippen MR) is 88.7 cm³/mol. The van der Waals surface area contributed by atoms with Gasteiger partial charge in [0.25, 0.3) is 5.69 Å². The largest absolute Gasteiger partial charge is 0.872 e. The molecule has 0 radical (unpaired) electrons. The van der Waals surface area contributed by atoms with Crippen LogP contribution in [0.5, 0.6) is 11.5 Å². The first-order valence-electron chi connectivity index (χ1n) is 6.99. The Morgan fingerprint density at radius 3 is 2.42 bits per heavy atom. The smallest absolute Gasteiger partial charge is 0.573 e. The van der Waals surface area contributed by atoms with E-state index in [-0.39, 0.29) is 34.4 Å². The molecule has 0 saturated carbocycles. The molecule has 0 fully saturated rings. The molecule has 0 aliphatic carbocycles. The molecule has 0 unspecified atom stereocenters. The number of ether oxygens (including phenoxy) is 1. The molecular formula is C15H11F3N3O4S-. The second kappa shape index (κ2) is 7.87. The number of nitrogens with zero attached hydrogens (tertiary/aromatic N) is 1. The first kappa shape index (κ1) is 19.2. The molecule has 0 aromatic heterocycles. The SMILES string of the molecule is O=[N+]([O-])c1ccc([O-])c(CNC(=S)Nc2ccc(OC(F)(F)F)cc2)c1. The number of hydrogen-bond donors (Lipinski definition) is 2. The summed E-state index contributed by atoms with van der Waals surface area (Å²) in [5.74, 6) is -0.769. The lowest BCUT2D eigenvalue weighted by Gasteiger charge is -2.15. The molecule has 0 amide bonds. The van der Waals surface area contributed by atoms with Crippen molar-refractivity contribution in [1.82, 2.24) is 5.32 Å². The molecule has 26 heavy (non-hydrogen) atoms. The zero-order valence-electron chi connectivity index (χ0n) is 12.9. The van der Waals surface area contributed by atoms with Gasteiger partial charge in [-0.2, -0.15) is 0 Å². The number of anilines is 1. The Balaban J connectivity index is 1.93. The second-order valence-electron chi connectivity index (χ2n) is 4.93. The maximum atomic E-state index is 12.1. The highest BCUT2D eigenvalue weighted by molar-refractivity contribution is 7.80. The van der Waals surface area contributed by atoms with Crippen LogP contribution < -0.4 is 20.5 Å². The first-order valence-corrected chi connectivity index (χ1v) is 7.40. The average Bonchev–Trinajstić information content (AvgIpc) is 2.54. The van der Waals surface area contributed by atoms with E-state index in [0.29, 0.717) is 5.69 Å². The fourth-order valence-electron chi connectivity index (χ4n) is 1.91. The van der Waals surface area contributed by atoms with Crippen LogP contribution in [0.1, 0.15) is 5.56 Å². The number of non-ortho nitro benzene ring substituents is 1. The van der Waals surface area contributed by atoms with Crippen LogP contribution in [0.25, 0.3) is 0 Å². The van der Waals surface area contributed by atoms with Crippen LogP contribution >= 0.6 is 12.2 Å². The van der Waals surface area contributed by atoms with E-state index in [4.69, 9.17) is 12.2 Å². The van der Waals surface area contributed by atoms with E-state index in [1.807, 2.05) is 0 Å². The van der Waals surface area contributed by atoms with E-state index in [2.05, 4.69) is 15.4 Å². The number of rotatable bonds is 5. The number of benzene rings is 2. The summed E-state index contributed by atoms with van der Waals surface area (Å²) < 4.78 is 40.0. The second-order valence-corrected chi connectivity index (χ2v) is 5.34. The van der Waals surface area contributed by atoms with Crippen molar-refractivity contribution in [2.45, 2.75) is 12.9 Å². The molecule has 2 aromatic rings. The van der Waals surface area contributed by atoms with Gasteiger partial charge in [-0.05, 0) is 42.0 Å². The van der Waals surface area contributed by atoms with Gasteiger partial charge < -0.3 is 20.5 Å². The molecule has 0 aliphatic rings. The molecule has 0 heterocycles. The van der Waals surface area contributed by atoms with Crippen LogP contribution in [0.2, 0.25) is 0 Å². The van der Waals surface area contributed by atoms with Crippen molar-refractivity contribution >= 4 is 28.7 Å². The van der Waals surface area contributed by atoms with Crippen LogP contribution in [-0.2, 0) is 6.54 Å². The normalized spacial score (nSPS) is 10.9. The Bertz CT molecular complexity index is 813. The molecule has 2 rings (SSSR count). The van der Waals surface area contributed by atoms with Gasteiger partial charge in [-0.15, -0.1) is 18.9 Å². The predicted octanol–water partition coefficient (Wildman–Crippen LogP) is 3.05. The van der Waals surface area contributed by atoms with Crippen LogP contribution in [-0.4, -0.2) is 16.4 Å². The third-order valence-electron chi connectivity index (χ3n) is 3.04. The van der Waals surface area contributed by atoms with Gasteiger partial charge in [0.15, 0.2) is 5.11 Å². The number of alkyl halides is 3. The minimum atomic E-state index is -4.78. The van der Waals surface area contributed by atoms with Gasteiger partial charge in [0.05, 0.1) is 4.92 Å². The first-order chi connectivity index (χ1) is 12.1. The highest BCUT2D eigenvalue weighted by Crippen LogP contribution is 2.24. The summed E-state index contributed by atoms with van der Waals surface area (Å²) in [5, 5.41) is 27.9. The van der Waals surface area contributed by atoms with Gasteiger partial charge in [-0.25, -0.2) is 0 Å². The van der Waals surface area contributed by atoms with E-state index in [1.54, 1.807) is 0 Å². The summed E-state index contributed by atoms with van der Waals surface area (Å²) in [6, 6.07) is 8.19. The summed E-state index contributed by atoms with van der Waals surface area (Å²) in [6.45, 7) is -0.0540. The minimum Gasteiger partial charge on any atom is -0.872 e. The molecule has 2 aromatic carbocycles. The van der Waals surface area contributed by atoms with E-state index in [0.717, 1.165) is 30.3 Å². The van der Waals surface area contributed by atoms with E-state index in [9.17, 15) is 28.4 Å². The van der Waals surface area contributed by atoms with Crippen molar-refractivity contribution in [3.05, 3.63) is 58.1 Å². The summed E-state index contributed by atoms with van der Waals surface area (Å²) >= 11 is 5.01. The average molecular weight is 386 g/mol. The van der Waals surface area contributed by atoms with Gasteiger partial charge in [0.1, 0.15) is 5.75 Å². The number of thiocarbonyl (C=S) groups is 1. The molecule has 11 heteroatoms. The van der Waals surface area contributed by atoms with Gasteiger partial charge in [-0.3, -0.25) is 10.1 Å². The molecule has 0 spiro atoms. The highest BCUT2D eigenvalue weighted by atomic mass is 32.1. The van der Waals surface area contributed by atoms with Crippen molar-refractivity contribution in [3.63, 3.8) is 0 Å². The summed E-state index contributed by atoms with van der Waals surface area (Å²) in [6.07, 6.45) is -4.78. The monoisotopic (exact) mass is 386 g/mol. The number of nitro benzene ring substituents is 1. The Morgan fingerprint density at radius 2 is 1.85 bits per heavy atom. The van der Waals surface area contributed by atoms with Crippen molar-refractivity contribution in [2.24, 2.45) is 0 Å². The van der Waals surface area contributed by atoms with Gasteiger partial charge in [-0.1, -0.05) is 6.07 Å². The lowest BCUT2D eigenvalue weighted by molar-refractivity contribution is -0.385. The standard InChI is InChI=1S/C15H12F3N3O4S/c16-15(17,18)25-12-4-1-10(2-5-12)20-14(26)19-8-9-7-11(21(23)24)3-6-13(9)22/h1-7,22H,8H2,(H2,19,20,26)/p-1. The van der Waals surface area contributed by atoms with E-state index in [1.165, 1.54) is 12.1 Å². The number of nitrogens with one attached hydrogen (secondary N) is 2. The molecular weight excluding hydrogens is 375 g/mol. The van der Waals surface area contributed by atoms with Crippen LogP contribution in [0.3, 0.4) is 0 Å². The zero-order valence-corrected chi connectivity index (χ0v) is 13.7. The third-order valence-corrected chi connectivity index (χ3v) is 3.29. The van der Waals surface area contributed by atoms with Crippen LogP contribution in [0, 0.1) is 10.1 Å². The maximum Gasteiger partial charge on any atom is 0.573 e. The minimum absolute atomic E-state index is 0.0540. The maximum absolute atomic E-state index is 12.1. The van der Waals surface area contributed by atoms with Crippen LogP contribution in [0.15, 0.2) is 42.5 Å². The molecule has 0 aliphatic heterocycles. The van der Waals surface area contributed by atoms with Crippen molar-refractivity contribution in [3.8, 4) is 11.5 Å². The van der Waals surface area contributed by atoms with Gasteiger partial charge in [0.2, 0.25) is 0 Å². The zero-order chi connectivity index (χ0) is 19.3. The van der Waals surface area contributed by atoms with E-state index < -0.39 is 11.3 Å². The number of halogens is 3. The third kappa shape index (κ3) is 5.77. The van der Waals surface area contributed by atoms with Gasteiger partial charge in [0, 0.05) is 24.4 Å². The topological polar surface area (TPSA) is 99.5 Å². The quantitative estimate of drug-likeness (QED) is 0.463. The highest BCUT2D eigenvalue weighted by Gasteiger charge is 2.30. The lowest BCUT2D eigenvalue weighted by Crippen LogP contribution is -2.28. The van der Waals surface area contributed by atoms with Gasteiger partial charge >= 0.3 is 6.36 Å². The Labute approximate surface area is 150 Å². The molecule has 7 nitrogen and oxygen atoms in total. The number of hydrogen-bond acceptors (Lipinski definition) is 5. The molecule has 0 atom stereocenters. The fraction of sp³-hybridized carbons (Fsp3) is 0.133. The Morgan fingerprint density at radius 1 is 1.19 bits per heavy atom. The molecule has 0 bridgehead atoms. The van der Waals surface area contributed by atoms with Crippen molar-refractivity contribution in [2.75, 3.05) is 5.32 Å². The summed E-state index contributed by atoms with van der Waals surface area (Å²) in [7, 11) is 0. The molecule has 0 saturated heterocycles. The lowest BCUT2D eigenvalue weighted by atomic mass is 10.2. The Kier molecular flexibility index (Phi) is 5.82. The van der Waals surface area contributed by atoms with E-state index >= 15 is 0 Å². The van der Waals surface area contributed by atoms with Crippen molar-refractivity contribution in [1.29, 1.82) is 0 Å². The molecule has 2 N–H and O–H groups in total.